The van der Waals surface area contributed by atoms with E-state index in [1.807, 2.05) is 24.4 Å². The number of fused-ring (bicyclic) bond motifs is 2. The maximum absolute atomic E-state index is 5.63. The van der Waals surface area contributed by atoms with Crippen LogP contribution in [-0.4, -0.2) is 25.6 Å². The first-order valence-corrected chi connectivity index (χ1v) is 9.41. The van der Waals surface area contributed by atoms with Gasteiger partial charge in [-0.3, -0.25) is 4.98 Å². The third-order valence-corrected chi connectivity index (χ3v) is 5.00. The van der Waals surface area contributed by atoms with E-state index in [1.54, 1.807) is 16.9 Å². The van der Waals surface area contributed by atoms with Crippen LogP contribution < -0.4 is 11.5 Å². The number of nitrogens with zero attached hydrogens (tertiary/aromatic N) is 4. The molecule has 0 radical (unpaired) electrons. The van der Waals surface area contributed by atoms with Gasteiger partial charge in [0, 0.05) is 29.4 Å². The summed E-state index contributed by atoms with van der Waals surface area (Å²) < 4.78 is 1.74. The molecule has 0 amide bonds. The molecule has 138 valence electrons. The summed E-state index contributed by atoms with van der Waals surface area (Å²) in [6.07, 6.45) is 12.1. The average Bonchev–Trinajstić information content (AvgIpc) is 3.12. The highest BCUT2D eigenvalue weighted by Gasteiger charge is 2.08. The molecule has 3 aromatic heterocycles. The second-order valence-corrected chi connectivity index (χ2v) is 6.98. The fourth-order valence-electron chi connectivity index (χ4n) is 3.54. The van der Waals surface area contributed by atoms with Crippen LogP contribution in [0.25, 0.3) is 27.5 Å². The summed E-state index contributed by atoms with van der Waals surface area (Å²) >= 11 is 0. The van der Waals surface area contributed by atoms with Crippen molar-refractivity contribution in [3.05, 3.63) is 55.0 Å². The fraction of sp³-hybridized carbons (Fsp3) is 0.286. The van der Waals surface area contributed by atoms with Crippen LogP contribution in [0.15, 0.2) is 55.0 Å². The Labute approximate surface area is 158 Å². The molecule has 6 nitrogen and oxygen atoms in total. The van der Waals surface area contributed by atoms with Crippen LogP contribution in [-0.2, 0) is 0 Å². The van der Waals surface area contributed by atoms with Crippen molar-refractivity contribution in [2.75, 3.05) is 5.73 Å². The van der Waals surface area contributed by atoms with E-state index in [0.717, 1.165) is 27.5 Å². The second kappa shape index (κ2) is 7.72. The van der Waals surface area contributed by atoms with Crippen LogP contribution in [0, 0.1) is 0 Å². The van der Waals surface area contributed by atoms with Gasteiger partial charge in [0.25, 0.3) is 0 Å². The zero-order chi connectivity index (χ0) is 18.6. The van der Waals surface area contributed by atoms with Crippen molar-refractivity contribution < 1.29 is 0 Å². The van der Waals surface area contributed by atoms with Crippen molar-refractivity contribution in [1.82, 2.24) is 19.6 Å². The summed E-state index contributed by atoms with van der Waals surface area (Å²) in [5.74, 6) is 0.266. The molecule has 0 bridgehead atoms. The first-order valence-electron chi connectivity index (χ1n) is 9.41. The van der Waals surface area contributed by atoms with Gasteiger partial charge in [-0.15, -0.1) is 5.10 Å². The van der Waals surface area contributed by atoms with E-state index >= 15 is 0 Å². The highest BCUT2D eigenvalue weighted by molar-refractivity contribution is 5.88. The molecular weight excluding hydrogens is 336 g/mol. The predicted octanol–water partition coefficient (Wildman–Crippen LogP) is 3.80. The number of hydrogen-bond acceptors (Lipinski definition) is 5. The van der Waals surface area contributed by atoms with Crippen molar-refractivity contribution in [3.63, 3.8) is 0 Å². The lowest BCUT2D eigenvalue weighted by Crippen LogP contribution is -2.22. The van der Waals surface area contributed by atoms with Crippen molar-refractivity contribution in [1.29, 1.82) is 0 Å². The Balaban J connectivity index is 0.000000218. The zero-order valence-electron chi connectivity index (χ0n) is 15.3. The van der Waals surface area contributed by atoms with Gasteiger partial charge in [0.1, 0.15) is 0 Å². The number of benzene rings is 1. The van der Waals surface area contributed by atoms with Gasteiger partial charge in [-0.25, -0.2) is 9.50 Å². The van der Waals surface area contributed by atoms with Crippen LogP contribution in [0.4, 0.5) is 5.95 Å². The van der Waals surface area contributed by atoms with E-state index in [2.05, 4.69) is 33.3 Å². The summed E-state index contributed by atoms with van der Waals surface area (Å²) in [7, 11) is 0. The Morgan fingerprint density at radius 1 is 1.00 bits per heavy atom. The molecule has 1 aliphatic rings. The molecule has 4 aromatic rings. The Morgan fingerprint density at radius 2 is 1.85 bits per heavy atom. The third kappa shape index (κ3) is 3.90. The van der Waals surface area contributed by atoms with Gasteiger partial charge in [0.05, 0.1) is 17.2 Å². The van der Waals surface area contributed by atoms with Crippen LogP contribution in [0.1, 0.15) is 32.1 Å². The summed E-state index contributed by atoms with van der Waals surface area (Å²) in [5.41, 5.74) is 15.3. The molecule has 0 saturated heterocycles. The summed E-state index contributed by atoms with van der Waals surface area (Å²) in [6, 6.07) is 12.7. The molecule has 3 heterocycles. The van der Waals surface area contributed by atoms with E-state index in [0.29, 0.717) is 6.04 Å². The SMILES string of the molecule is NC1CCCCC1.Nc1ncc2c(-c3ccc4ncccc4c3)ccn2n1. The average molecular weight is 360 g/mol. The standard InChI is InChI=1S/C15H11N5.C6H13N/c16-15-18-9-14-12(5-7-20(14)19-15)10-3-4-13-11(8-10)2-1-6-17-13;7-6-4-2-1-3-5-6/h1-9H,(H2,16,19);6H,1-5,7H2. The third-order valence-electron chi connectivity index (χ3n) is 5.00. The molecule has 0 atom stereocenters. The van der Waals surface area contributed by atoms with Crippen LogP contribution in [0.3, 0.4) is 0 Å². The molecule has 4 N–H and O–H groups in total. The number of nitrogens with two attached hydrogens (primary N) is 2. The highest BCUT2D eigenvalue weighted by Crippen LogP contribution is 2.27. The lowest BCUT2D eigenvalue weighted by atomic mass is 9.97. The van der Waals surface area contributed by atoms with Gasteiger partial charge in [-0.2, -0.15) is 0 Å². The van der Waals surface area contributed by atoms with E-state index in [9.17, 15) is 0 Å². The summed E-state index contributed by atoms with van der Waals surface area (Å²) in [4.78, 5) is 8.39. The van der Waals surface area contributed by atoms with Crippen LogP contribution >= 0.6 is 0 Å². The van der Waals surface area contributed by atoms with Gasteiger partial charge in [0.2, 0.25) is 5.95 Å². The minimum atomic E-state index is 0.266. The Morgan fingerprint density at radius 3 is 2.63 bits per heavy atom. The molecule has 6 heteroatoms. The molecule has 1 fully saturated rings. The quantitative estimate of drug-likeness (QED) is 0.538. The maximum Gasteiger partial charge on any atom is 0.238 e. The van der Waals surface area contributed by atoms with Gasteiger partial charge in [0.15, 0.2) is 0 Å². The molecule has 0 aliphatic heterocycles. The van der Waals surface area contributed by atoms with Crippen LogP contribution in [0.2, 0.25) is 0 Å². The lowest BCUT2D eigenvalue weighted by Gasteiger charge is -2.15. The van der Waals surface area contributed by atoms with Crippen molar-refractivity contribution >= 4 is 22.4 Å². The van der Waals surface area contributed by atoms with Crippen molar-refractivity contribution in [3.8, 4) is 11.1 Å². The topological polar surface area (TPSA) is 95.1 Å². The van der Waals surface area contributed by atoms with E-state index in [1.165, 1.54) is 32.1 Å². The normalized spacial score (nSPS) is 14.9. The Kier molecular flexibility index (Phi) is 4.98. The molecule has 27 heavy (non-hydrogen) atoms. The molecular formula is C21H24N6. The Hall–Kier alpha value is -2.99. The van der Waals surface area contributed by atoms with Crippen molar-refractivity contribution in [2.45, 2.75) is 38.1 Å². The zero-order valence-corrected chi connectivity index (χ0v) is 15.3. The smallest absolute Gasteiger partial charge is 0.238 e. The van der Waals surface area contributed by atoms with E-state index in [-0.39, 0.29) is 5.95 Å². The van der Waals surface area contributed by atoms with E-state index < -0.39 is 0 Å². The number of rotatable bonds is 1. The Bertz CT molecular complexity index is 1050. The highest BCUT2D eigenvalue weighted by atomic mass is 15.3. The molecule has 0 spiro atoms. The largest absolute Gasteiger partial charge is 0.367 e. The number of pyridine rings is 1. The predicted molar refractivity (Wildman–Crippen MR) is 109 cm³/mol. The number of hydrogen-bond donors (Lipinski definition) is 2. The monoisotopic (exact) mass is 360 g/mol. The molecule has 1 saturated carbocycles. The molecule has 5 rings (SSSR count). The first-order chi connectivity index (χ1) is 13.2. The van der Waals surface area contributed by atoms with Gasteiger partial charge in [-0.05, 0) is 42.7 Å². The second-order valence-electron chi connectivity index (χ2n) is 6.98. The molecule has 0 unspecified atom stereocenters. The van der Waals surface area contributed by atoms with Gasteiger partial charge in [-0.1, -0.05) is 31.4 Å². The summed E-state index contributed by atoms with van der Waals surface area (Å²) in [6.45, 7) is 0. The number of aromatic nitrogens is 4. The lowest BCUT2D eigenvalue weighted by molar-refractivity contribution is 0.441. The first kappa shape index (κ1) is 17.4. The molecule has 1 aromatic carbocycles. The summed E-state index contributed by atoms with van der Waals surface area (Å²) in [5, 5.41) is 5.27. The van der Waals surface area contributed by atoms with Crippen LogP contribution in [0.5, 0.6) is 0 Å². The van der Waals surface area contributed by atoms with E-state index in [4.69, 9.17) is 11.5 Å². The number of nitrogen functional groups attached to an aromatic ring is 1. The minimum Gasteiger partial charge on any atom is -0.367 e. The fourth-order valence-corrected chi connectivity index (χ4v) is 3.54. The number of anilines is 1. The maximum atomic E-state index is 5.63. The molecule has 1 aliphatic carbocycles. The van der Waals surface area contributed by atoms with Gasteiger partial charge >= 0.3 is 0 Å². The van der Waals surface area contributed by atoms with Gasteiger partial charge < -0.3 is 11.5 Å². The minimum absolute atomic E-state index is 0.266. The van der Waals surface area contributed by atoms with Crippen molar-refractivity contribution in [2.24, 2.45) is 5.73 Å².